The largest absolute Gasteiger partial charge is 0.497 e. The number of aromatic amines is 1. The van der Waals surface area contributed by atoms with Crippen LogP contribution in [-0.2, 0) is 6.54 Å². The van der Waals surface area contributed by atoms with Crippen molar-refractivity contribution in [3.05, 3.63) is 106 Å². The maximum Gasteiger partial charge on any atom is 0.365 e. The molecule has 1 N–H and O–H groups in total. The fourth-order valence-corrected chi connectivity index (χ4v) is 3.93. The van der Waals surface area contributed by atoms with E-state index < -0.39 is 5.69 Å². The topological polar surface area (TPSA) is 90.6 Å². The molecule has 34 heavy (non-hydrogen) atoms. The first-order chi connectivity index (χ1) is 16.6. The molecule has 9 heteroatoms. The van der Waals surface area contributed by atoms with E-state index in [2.05, 4.69) is 15.2 Å². The number of ether oxygens (including phenoxy) is 1. The van der Waals surface area contributed by atoms with E-state index in [-0.39, 0.29) is 6.54 Å². The highest BCUT2D eigenvalue weighted by molar-refractivity contribution is 7.71. The van der Waals surface area contributed by atoms with Gasteiger partial charge in [0.05, 0.1) is 7.11 Å². The standard InChI is InChI=1S/C25H20N6O2S/c1-33-20-14-12-19(13-15-20)31-21(27-28-25(31)34)16-30-24(32)26-22(17-8-4-2-5-9-17)23(29-30)18-10-6-3-7-11-18/h2-15H,16H2,1H3,(H,28,34). The third-order valence-corrected chi connectivity index (χ3v) is 5.61. The Morgan fingerprint density at radius 1 is 0.882 bits per heavy atom. The highest BCUT2D eigenvalue weighted by Crippen LogP contribution is 2.27. The third kappa shape index (κ3) is 4.16. The molecule has 8 nitrogen and oxygen atoms in total. The van der Waals surface area contributed by atoms with Gasteiger partial charge < -0.3 is 4.74 Å². The van der Waals surface area contributed by atoms with Crippen LogP contribution in [0.1, 0.15) is 5.82 Å². The van der Waals surface area contributed by atoms with Crippen LogP contribution in [0.4, 0.5) is 0 Å². The minimum absolute atomic E-state index is 0.0832. The van der Waals surface area contributed by atoms with Crippen LogP contribution in [0.25, 0.3) is 28.2 Å². The molecule has 0 bridgehead atoms. The number of hydrogen-bond donors (Lipinski definition) is 1. The summed E-state index contributed by atoms with van der Waals surface area (Å²) in [5, 5.41) is 11.9. The van der Waals surface area contributed by atoms with Gasteiger partial charge in [-0.15, -0.1) is 0 Å². The number of nitrogens with zero attached hydrogens (tertiary/aromatic N) is 5. The summed E-state index contributed by atoms with van der Waals surface area (Å²) in [6.45, 7) is 0.0832. The average Bonchev–Trinajstić information content (AvgIpc) is 3.25. The van der Waals surface area contributed by atoms with Gasteiger partial charge in [0.15, 0.2) is 10.6 Å². The molecule has 168 valence electrons. The number of benzene rings is 3. The molecule has 3 aromatic carbocycles. The fourth-order valence-electron chi connectivity index (χ4n) is 3.68. The highest BCUT2D eigenvalue weighted by atomic mass is 32.1. The first-order valence-corrected chi connectivity index (χ1v) is 11.0. The molecule has 0 fully saturated rings. The Morgan fingerprint density at radius 2 is 1.50 bits per heavy atom. The number of rotatable bonds is 6. The number of methoxy groups -OCH3 is 1. The molecule has 0 aliphatic rings. The van der Waals surface area contributed by atoms with E-state index in [0.717, 1.165) is 22.6 Å². The lowest BCUT2D eigenvalue weighted by atomic mass is 10.0. The van der Waals surface area contributed by atoms with Crippen molar-refractivity contribution >= 4 is 12.2 Å². The Labute approximate surface area is 200 Å². The van der Waals surface area contributed by atoms with Gasteiger partial charge in [-0.05, 0) is 36.5 Å². The van der Waals surface area contributed by atoms with Crippen LogP contribution in [-0.4, -0.2) is 36.6 Å². The predicted molar refractivity (Wildman–Crippen MR) is 132 cm³/mol. The summed E-state index contributed by atoms with van der Waals surface area (Å²) in [6, 6.07) is 26.6. The van der Waals surface area contributed by atoms with Crippen molar-refractivity contribution in [1.29, 1.82) is 0 Å². The molecular formula is C25H20N6O2S. The Morgan fingerprint density at radius 3 is 2.12 bits per heavy atom. The molecule has 0 aliphatic carbocycles. The van der Waals surface area contributed by atoms with Crippen LogP contribution >= 0.6 is 12.2 Å². The van der Waals surface area contributed by atoms with Crippen molar-refractivity contribution < 1.29 is 4.74 Å². The summed E-state index contributed by atoms with van der Waals surface area (Å²) in [5.41, 5.74) is 3.13. The first-order valence-electron chi connectivity index (χ1n) is 10.5. The van der Waals surface area contributed by atoms with Gasteiger partial charge in [-0.25, -0.2) is 9.48 Å². The normalized spacial score (nSPS) is 10.9. The Balaban J connectivity index is 1.61. The number of H-pyrrole nitrogens is 1. The third-order valence-electron chi connectivity index (χ3n) is 5.33. The van der Waals surface area contributed by atoms with E-state index in [1.807, 2.05) is 84.9 Å². The van der Waals surface area contributed by atoms with E-state index in [1.54, 1.807) is 11.7 Å². The van der Waals surface area contributed by atoms with E-state index in [1.165, 1.54) is 4.68 Å². The minimum Gasteiger partial charge on any atom is -0.497 e. The summed E-state index contributed by atoms with van der Waals surface area (Å²) >= 11 is 5.44. The SMILES string of the molecule is COc1ccc(-n2c(Cn3nc(-c4ccccc4)c(-c4ccccc4)nc3=O)n[nH]c2=S)cc1. The molecule has 2 heterocycles. The van der Waals surface area contributed by atoms with E-state index in [0.29, 0.717) is 22.0 Å². The zero-order valence-electron chi connectivity index (χ0n) is 18.3. The summed E-state index contributed by atoms with van der Waals surface area (Å²) < 4.78 is 8.71. The smallest absolute Gasteiger partial charge is 0.365 e. The Kier molecular flexibility index (Phi) is 5.84. The quantitative estimate of drug-likeness (QED) is 0.374. The fraction of sp³-hybridized carbons (Fsp3) is 0.0800. The van der Waals surface area contributed by atoms with Crippen LogP contribution in [0.2, 0.25) is 0 Å². The lowest BCUT2D eigenvalue weighted by molar-refractivity contribution is 0.414. The Bertz CT molecular complexity index is 1540. The Hall–Kier alpha value is -4.37. The molecule has 0 atom stereocenters. The molecule has 5 aromatic rings. The van der Waals surface area contributed by atoms with Gasteiger partial charge in [0.1, 0.15) is 23.7 Å². The molecule has 5 rings (SSSR count). The zero-order valence-corrected chi connectivity index (χ0v) is 19.1. The van der Waals surface area contributed by atoms with Crippen molar-refractivity contribution in [2.75, 3.05) is 7.11 Å². The van der Waals surface area contributed by atoms with E-state index in [9.17, 15) is 4.79 Å². The van der Waals surface area contributed by atoms with Crippen LogP contribution in [0.3, 0.4) is 0 Å². The lowest BCUT2D eigenvalue weighted by Gasteiger charge is -2.12. The number of nitrogens with one attached hydrogen (secondary N) is 1. The highest BCUT2D eigenvalue weighted by Gasteiger charge is 2.17. The first kappa shape index (κ1) is 21.5. The van der Waals surface area contributed by atoms with Crippen LogP contribution in [0.15, 0.2) is 89.7 Å². The molecule has 0 amide bonds. The van der Waals surface area contributed by atoms with Gasteiger partial charge in [0, 0.05) is 16.8 Å². The molecule has 0 saturated heterocycles. The molecule has 0 saturated carbocycles. The predicted octanol–water partition coefficient (Wildman–Crippen LogP) is 4.27. The van der Waals surface area contributed by atoms with Crippen molar-refractivity contribution in [3.63, 3.8) is 0 Å². The summed E-state index contributed by atoms with van der Waals surface area (Å²) in [4.78, 5) is 17.4. The maximum absolute atomic E-state index is 13.0. The van der Waals surface area contributed by atoms with Gasteiger partial charge in [0.2, 0.25) is 0 Å². The van der Waals surface area contributed by atoms with Crippen molar-refractivity contribution in [3.8, 4) is 34.0 Å². The monoisotopic (exact) mass is 468 g/mol. The second-order valence-corrected chi connectivity index (χ2v) is 7.85. The van der Waals surface area contributed by atoms with Crippen molar-refractivity contribution in [2.24, 2.45) is 0 Å². The van der Waals surface area contributed by atoms with Gasteiger partial charge in [-0.2, -0.15) is 15.2 Å². The molecule has 0 unspecified atom stereocenters. The van der Waals surface area contributed by atoms with Gasteiger partial charge >= 0.3 is 5.69 Å². The van der Waals surface area contributed by atoms with Gasteiger partial charge in [-0.3, -0.25) is 9.67 Å². The number of aromatic nitrogens is 6. The van der Waals surface area contributed by atoms with Crippen LogP contribution in [0, 0.1) is 4.77 Å². The van der Waals surface area contributed by atoms with E-state index >= 15 is 0 Å². The zero-order chi connectivity index (χ0) is 23.5. The van der Waals surface area contributed by atoms with Crippen LogP contribution < -0.4 is 10.4 Å². The van der Waals surface area contributed by atoms with Crippen molar-refractivity contribution in [2.45, 2.75) is 6.54 Å². The molecule has 0 radical (unpaired) electrons. The summed E-state index contributed by atoms with van der Waals surface area (Å²) in [7, 11) is 1.61. The molecule has 2 aromatic heterocycles. The molecular weight excluding hydrogens is 448 g/mol. The van der Waals surface area contributed by atoms with Gasteiger partial charge in [-0.1, -0.05) is 60.7 Å². The summed E-state index contributed by atoms with van der Waals surface area (Å²) in [6.07, 6.45) is 0. The van der Waals surface area contributed by atoms with E-state index in [4.69, 9.17) is 22.1 Å². The average molecular weight is 469 g/mol. The minimum atomic E-state index is -0.478. The molecule has 0 spiro atoms. The van der Waals surface area contributed by atoms with Gasteiger partial charge in [0.25, 0.3) is 0 Å². The molecule has 0 aliphatic heterocycles. The van der Waals surface area contributed by atoms with Crippen molar-refractivity contribution in [1.82, 2.24) is 29.5 Å². The maximum atomic E-state index is 13.0. The second kappa shape index (κ2) is 9.24. The second-order valence-electron chi connectivity index (χ2n) is 7.46. The van der Waals surface area contributed by atoms with Crippen LogP contribution in [0.5, 0.6) is 5.75 Å². The lowest BCUT2D eigenvalue weighted by Crippen LogP contribution is -2.28. The number of hydrogen-bond acceptors (Lipinski definition) is 6. The summed E-state index contributed by atoms with van der Waals surface area (Å²) in [5.74, 6) is 1.25.